The summed E-state index contributed by atoms with van der Waals surface area (Å²) in [5, 5.41) is 0. The normalized spacial score (nSPS) is 10.6. The first-order valence-corrected chi connectivity index (χ1v) is 5.83. The number of nitrogens with zero attached hydrogens (tertiary/aromatic N) is 1. The first-order valence-electron chi connectivity index (χ1n) is 5.83. The fourth-order valence-corrected chi connectivity index (χ4v) is 1.89. The summed E-state index contributed by atoms with van der Waals surface area (Å²) in [6, 6.07) is 1.95. The molecule has 96 valence electrons. The summed E-state index contributed by atoms with van der Waals surface area (Å²) in [5.41, 5.74) is 3.43. The van der Waals surface area contributed by atoms with Crippen molar-refractivity contribution in [2.45, 2.75) is 20.3 Å². The van der Waals surface area contributed by atoms with Gasteiger partial charge < -0.3 is 14.5 Å². The highest BCUT2D eigenvalue weighted by atomic mass is 16.5. The molecule has 0 fully saturated rings. The van der Waals surface area contributed by atoms with Gasteiger partial charge in [0.05, 0.1) is 31.2 Å². The van der Waals surface area contributed by atoms with Crippen LogP contribution in [0.4, 0.5) is 0 Å². The summed E-state index contributed by atoms with van der Waals surface area (Å²) < 4.78 is 10.1. The molecule has 18 heavy (non-hydrogen) atoms. The van der Waals surface area contributed by atoms with Gasteiger partial charge in [-0.25, -0.2) is 4.98 Å². The summed E-state index contributed by atoms with van der Waals surface area (Å²) in [4.78, 5) is 19.0. The molecule has 2 heterocycles. The summed E-state index contributed by atoms with van der Waals surface area (Å²) in [6.45, 7) is 4.10. The van der Waals surface area contributed by atoms with E-state index in [1.807, 2.05) is 13.0 Å². The topological polar surface area (TPSA) is 64.2 Å². The number of H-pyrrole nitrogens is 1. The summed E-state index contributed by atoms with van der Waals surface area (Å²) >= 11 is 0. The largest absolute Gasteiger partial charge is 0.481 e. The first-order chi connectivity index (χ1) is 8.65. The Balaban J connectivity index is 2.37. The number of hydrogen-bond acceptors (Lipinski definition) is 4. The van der Waals surface area contributed by atoms with Gasteiger partial charge in [0.15, 0.2) is 0 Å². The molecule has 2 aromatic rings. The van der Waals surface area contributed by atoms with Crippen molar-refractivity contribution in [3.63, 3.8) is 0 Å². The maximum absolute atomic E-state index is 11.5. The zero-order chi connectivity index (χ0) is 13.1. The quantitative estimate of drug-likeness (QED) is 0.840. The highest BCUT2D eigenvalue weighted by molar-refractivity contribution is 5.85. The third-order valence-electron chi connectivity index (χ3n) is 2.71. The summed E-state index contributed by atoms with van der Waals surface area (Å²) in [7, 11) is 1.58. The molecule has 0 aliphatic rings. The number of rotatable bonds is 4. The molecular weight excluding hydrogens is 232 g/mol. The van der Waals surface area contributed by atoms with E-state index < -0.39 is 0 Å². The van der Waals surface area contributed by atoms with Gasteiger partial charge in [-0.1, -0.05) is 0 Å². The average molecular weight is 248 g/mol. The van der Waals surface area contributed by atoms with Crippen molar-refractivity contribution in [2.24, 2.45) is 0 Å². The van der Waals surface area contributed by atoms with Crippen LogP contribution in [0.5, 0.6) is 5.88 Å². The SMILES string of the molecule is CCOC(=O)Cc1c[nH]c2cc(C)c(OC)nc12. The molecule has 1 N–H and O–H groups in total. The highest BCUT2D eigenvalue weighted by Gasteiger charge is 2.13. The molecule has 0 aliphatic heterocycles. The number of carbonyl (C=O) groups excluding carboxylic acids is 1. The van der Waals surface area contributed by atoms with Gasteiger partial charge in [0, 0.05) is 17.3 Å². The van der Waals surface area contributed by atoms with Crippen LogP contribution in [0.15, 0.2) is 12.3 Å². The lowest BCUT2D eigenvalue weighted by Gasteiger charge is -2.04. The van der Waals surface area contributed by atoms with Crippen molar-refractivity contribution < 1.29 is 14.3 Å². The van der Waals surface area contributed by atoms with Gasteiger partial charge in [0.25, 0.3) is 0 Å². The Kier molecular flexibility index (Phi) is 3.50. The van der Waals surface area contributed by atoms with E-state index in [-0.39, 0.29) is 12.4 Å². The van der Waals surface area contributed by atoms with E-state index in [2.05, 4.69) is 9.97 Å². The molecule has 0 spiro atoms. The Morgan fingerprint density at radius 2 is 2.28 bits per heavy atom. The van der Waals surface area contributed by atoms with Gasteiger partial charge in [0.2, 0.25) is 5.88 Å². The van der Waals surface area contributed by atoms with Crippen molar-refractivity contribution in [2.75, 3.05) is 13.7 Å². The second kappa shape index (κ2) is 5.08. The van der Waals surface area contributed by atoms with E-state index in [4.69, 9.17) is 9.47 Å². The summed E-state index contributed by atoms with van der Waals surface area (Å²) in [6.07, 6.45) is 2.00. The van der Waals surface area contributed by atoms with Gasteiger partial charge in [-0.15, -0.1) is 0 Å². The number of aromatic amines is 1. The standard InChI is InChI=1S/C13H16N2O3/c1-4-18-11(16)6-9-7-14-10-5-8(2)13(17-3)15-12(9)10/h5,7,14H,4,6H2,1-3H3. The second-order valence-corrected chi connectivity index (χ2v) is 4.01. The molecule has 2 aromatic heterocycles. The van der Waals surface area contributed by atoms with Crippen LogP contribution in [0.25, 0.3) is 11.0 Å². The molecule has 0 saturated carbocycles. The number of fused-ring (bicyclic) bond motifs is 1. The average Bonchev–Trinajstić information content (AvgIpc) is 2.70. The maximum atomic E-state index is 11.5. The molecule has 0 amide bonds. The molecule has 2 rings (SSSR count). The van der Waals surface area contributed by atoms with E-state index in [0.717, 1.165) is 22.2 Å². The molecule has 0 aliphatic carbocycles. The number of aromatic nitrogens is 2. The molecular formula is C13H16N2O3. The maximum Gasteiger partial charge on any atom is 0.310 e. The number of carbonyl (C=O) groups is 1. The smallest absolute Gasteiger partial charge is 0.310 e. The number of nitrogens with one attached hydrogen (secondary N) is 1. The van der Waals surface area contributed by atoms with E-state index in [1.54, 1.807) is 20.2 Å². The van der Waals surface area contributed by atoms with Gasteiger partial charge >= 0.3 is 5.97 Å². The first kappa shape index (κ1) is 12.4. The van der Waals surface area contributed by atoms with Crippen molar-refractivity contribution in [1.82, 2.24) is 9.97 Å². The Labute approximate surface area is 105 Å². The van der Waals surface area contributed by atoms with Crippen LogP contribution in [0, 0.1) is 6.92 Å². The van der Waals surface area contributed by atoms with Crippen LogP contribution in [0.2, 0.25) is 0 Å². The minimum Gasteiger partial charge on any atom is -0.481 e. The predicted octanol–water partition coefficient (Wildman–Crippen LogP) is 1.99. The summed E-state index contributed by atoms with van der Waals surface area (Å²) in [5.74, 6) is 0.326. The molecule has 0 bridgehead atoms. The Morgan fingerprint density at radius 1 is 1.50 bits per heavy atom. The zero-order valence-corrected chi connectivity index (χ0v) is 10.7. The molecule has 5 nitrogen and oxygen atoms in total. The number of ether oxygens (including phenoxy) is 2. The fraction of sp³-hybridized carbons (Fsp3) is 0.385. The van der Waals surface area contributed by atoms with Crippen LogP contribution >= 0.6 is 0 Å². The van der Waals surface area contributed by atoms with E-state index >= 15 is 0 Å². The minimum atomic E-state index is -0.250. The molecule has 0 unspecified atom stereocenters. The van der Waals surface area contributed by atoms with Crippen molar-refractivity contribution in [3.05, 3.63) is 23.4 Å². The van der Waals surface area contributed by atoms with Gasteiger partial charge in [-0.2, -0.15) is 0 Å². The lowest BCUT2D eigenvalue weighted by atomic mass is 10.2. The Morgan fingerprint density at radius 3 is 2.94 bits per heavy atom. The van der Waals surface area contributed by atoms with Gasteiger partial charge in [-0.05, 0) is 19.9 Å². The van der Waals surface area contributed by atoms with Crippen LogP contribution < -0.4 is 4.74 Å². The third kappa shape index (κ3) is 2.30. The van der Waals surface area contributed by atoms with E-state index in [0.29, 0.717) is 12.5 Å². The van der Waals surface area contributed by atoms with Crippen molar-refractivity contribution >= 4 is 17.0 Å². The van der Waals surface area contributed by atoms with Gasteiger partial charge in [0.1, 0.15) is 0 Å². The third-order valence-corrected chi connectivity index (χ3v) is 2.71. The lowest BCUT2D eigenvalue weighted by molar-refractivity contribution is -0.142. The fourth-order valence-electron chi connectivity index (χ4n) is 1.89. The van der Waals surface area contributed by atoms with E-state index in [1.165, 1.54) is 0 Å². The number of pyridine rings is 1. The van der Waals surface area contributed by atoms with Crippen LogP contribution in [-0.2, 0) is 16.0 Å². The predicted molar refractivity (Wildman–Crippen MR) is 67.7 cm³/mol. The van der Waals surface area contributed by atoms with Crippen LogP contribution in [0.3, 0.4) is 0 Å². The Bertz CT molecular complexity index is 575. The number of methoxy groups -OCH3 is 1. The minimum absolute atomic E-state index is 0.215. The Hall–Kier alpha value is -2.04. The van der Waals surface area contributed by atoms with Crippen molar-refractivity contribution in [3.8, 4) is 5.88 Å². The highest BCUT2D eigenvalue weighted by Crippen LogP contribution is 2.23. The zero-order valence-electron chi connectivity index (χ0n) is 10.7. The lowest BCUT2D eigenvalue weighted by Crippen LogP contribution is -2.07. The van der Waals surface area contributed by atoms with Crippen LogP contribution in [-0.4, -0.2) is 29.7 Å². The van der Waals surface area contributed by atoms with Gasteiger partial charge in [-0.3, -0.25) is 4.79 Å². The number of hydrogen-bond donors (Lipinski definition) is 1. The molecule has 0 radical (unpaired) electrons. The number of aryl methyl sites for hydroxylation is 1. The molecule has 5 heteroatoms. The monoisotopic (exact) mass is 248 g/mol. The van der Waals surface area contributed by atoms with E-state index in [9.17, 15) is 4.79 Å². The van der Waals surface area contributed by atoms with Crippen LogP contribution in [0.1, 0.15) is 18.1 Å². The molecule has 0 saturated heterocycles. The second-order valence-electron chi connectivity index (χ2n) is 4.01. The molecule has 0 atom stereocenters. The van der Waals surface area contributed by atoms with Crippen molar-refractivity contribution in [1.29, 1.82) is 0 Å². The number of esters is 1. The molecule has 0 aromatic carbocycles.